The van der Waals surface area contributed by atoms with E-state index in [-0.39, 0.29) is 0 Å². The Kier molecular flexibility index (Phi) is 5.91. The van der Waals surface area contributed by atoms with Gasteiger partial charge < -0.3 is 15.6 Å². The predicted molar refractivity (Wildman–Crippen MR) is 119 cm³/mol. The maximum Gasteiger partial charge on any atom is 0.250 e. The number of anilines is 1. The molecule has 5 heteroatoms. The topological polar surface area (TPSA) is 60.1 Å². The molecule has 1 fully saturated rings. The lowest BCUT2D eigenvalue weighted by molar-refractivity contribution is 0.100. The van der Waals surface area contributed by atoms with E-state index < -0.39 is 5.91 Å². The normalized spacial score (nSPS) is 14.7. The lowest BCUT2D eigenvalue weighted by Gasteiger charge is -2.25. The van der Waals surface area contributed by atoms with E-state index in [1.54, 1.807) is 0 Å². The van der Waals surface area contributed by atoms with Crippen LogP contribution in [0.2, 0.25) is 5.02 Å². The highest BCUT2D eigenvalue weighted by Gasteiger charge is 2.17. The molecule has 1 heterocycles. The van der Waals surface area contributed by atoms with Crippen molar-refractivity contribution in [2.24, 2.45) is 5.73 Å². The summed E-state index contributed by atoms with van der Waals surface area (Å²) in [5.41, 5.74) is 10.4. The van der Waals surface area contributed by atoms with Gasteiger partial charge in [-0.1, -0.05) is 43.0 Å². The average molecular weight is 408 g/mol. The second kappa shape index (κ2) is 8.75. The van der Waals surface area contributed by atoms with Crippen molar-refractivity contribution in [3.63, 3.8) is 0 Å². The molecule has 0 unspecified atom stereocenters. The molecule has 1 aromatic heterocycles. The number of halogens is 1. The van der Waals surface area contributed by atoms with Gasteiger partial charge in [0.2, 0.25) is 0 Å². The molecule has 1 saturated carbocycles. The highest BCUT2D eigenvalue weighted by atomic mass is 35.5. The smallest absolute Gasteiger partial charge is 0.250 e. The number of aromatic nitrogens is 1. The van der Waals surface area contributed by atoms with Gasteiger partial charge in [0.1, 0.15) is 0 Å². The molecule has 4 rings (SSSR count). The number of amides is 1. The van der Waals surface area contributed by atoms with Crippen molar-refractivity contribution in [1.29, 1.82) is 0 Å². The summed E-state index contributed by atoms with van der Waals surface area (Å²) in [6.45, 7) is 0. The van der Waals surface area contributed by atoms with Crippen molar-refractivity contribution in [3.8, 4) is 5.69 Å². The molecule has 1 amide bonds. The summed E-state index contributed by atoms with van der Waals surface area (Å²) in [7, 11) is 0. The molecule has 4 nitrogen and oxygen atoms in total. The third-order valence-corrected chi connectivity index (χ3v) is 5.90. The minimum Gasteiger partial charge on any atom is -0.382 e. The Labute approximate surface area is 176 Å². The highest BCUT2D eigenvalue weighted by Crippen LogP contribution is 2.27. The van der Waals surface area contributed by atoms with E-state index in [1.807, 2.05) is 48.5 Å². The molecule has 1 aliphatic carbocycles. The Morgan fingerprint density at radius 3 is 2.55 bits per heavy atom. The molecule has 0 bridgehead atoms. The number of carbonyl (C=O) groups excluding carboxylic acids is 1. The van der Waals surface area contributed by atoms with E-state index in [0.717, 1.165) is 35.7 Å². The summed E-state index contributed by atoms with van der Waals surface area (Å²) in [5.74, 6) is -0.399. The molecule has 29 heavy (non-hydrogen) atoms. The molecule has 0 radical (unpaired) electrons. The van der Waals surface area contributed by atoms with Crippen molar-refractivity contribution in [2.45, 2.75) is 44.6 Å². The van der Waals surface area contributed by atoms with Crippen LogP contribution in [0.15, 0.2) is 60.8 Å². The van der Waals surface area contributed by atoms with E-state index in [4.69, 9.17) is 17.3 Å². The second-order valence-corrected chi connectivity index (χ2v) is 8.18. The molecule has 0 aliphatic heterocycles. The van der Waals surface area contributed by atoms with E-state index in [0.29, 0.717) is 11.6 Å². The Hall–Kier alpha value is -2.72. The molecule has 3 aromatic rings. The fourth-order valence-corrected chi connectivity index (χ4v) is 4.23. The minimum absolute atomic E-state index is 0.398. The summed E-state index contributed by atoms with van der Waals surface area (Å²) in [6.07, 6.45) is 8.86. The first-order valence-electron chi connectivity index (χ1n) is 10.2. The van der Waals surface area contributed by atoms with Gasteiger partial charge in [-0.25, -0.2) is 0 Å². The standard InChI is InChI=1S/C24H26ClN3O/c25-18-10-8-17(9-11-18)15-20-7-4-14-28(20)21-12-13-22(24(26)29)23(16-21)27-19-5-2-1-3-6-19/h4,7-14,16,19,27H,1-3,5-6,15H2,(H2,26,29). The highest BCUT2D eigenvalue weighted by molar-refractivity contribution is 6.30. The molecule has 2 aromatic carbocycles. The number of primary amides is 1. The summed E-state index contributed by atoms with van der Waals surface area (Å²) in [4.78, 5) is 12.0. The zero-order valence-electron chi connectivity index (χ0n) is 16.4. The Morgan fingerprint density at radius 1 is 1.07 bits per heavy atom. The van der Waals surface area contributed by atoms with Gasteiger partial charge in [0.05, 0.1) is 5.56 Å². The van der Waals surface area contributed by atoms with Crippen LogP contribution in [-0.4, -0.2) is 16.5 Å². The van der Waals surface area contributed by atoms with Gasteiger partial charge in [0.15, 0.2) is 0 Å². The monoisotopic (exact) mass is 407 g/mol. The molecular weight excluding hydrogens is 382 g/mol. The molecule has 0 saturated heterocycles. The van der Waals surface area contributed by atoms with Gasteiger partial charge in [-0.15, -0.1) is 0 Å². The molecular formula is C24H26ClN3O. The van der Waals surface area contributed by atoms with Crippen LogP contribution in [0, 0.1) is 0 Å². The zero-order chi connectivity index (χ0) is 20.2. The summed E-state index contributed by atoms with van der Waals surface area (Å²) >= 11 is 6.01. The predicted octanol–water partition coefficient (Wildman–Crippen LogP) is 5.57. The number of nitrogens with one attached hydrogen (secondary N) is 1. The maximum absolute atomic E-state index is 12.0. The van der Waals surface area contributed by atoms with Gasteiger partial charge in [-0.05, 0) is 60.9 Å². The van der Waals surface area contributed by atoms with Crippen LogP contribution >= 0.6 is 11.6 Å². The number of hydrogen-bond acceptors (Lipinski definition) is 2. The number of nitrogens with zero attached hydrogens (tertiary/aromatic N) is 1. The van der Waals surface area contributed by atoms with Crippen LogP contribution in [-0.2, 0) is 6.42 Å². The fourth-order valence-electron chi connectivity index (χ4n) is 4.11. The van der Waals surface area contributed by atoms with Crippen LogP contribution in [0.3, 0.4) is 0 Å². The van der Waals surface area contributed by atoms with Crippen LogP contribution in [0.25, 0.3) is 5.69 Å². The first kappa shape index (κ1) is 19.6. The van der Waals surface area contributed by atoms with Crippen molar-refractivity contribution < 1.29 is 4.79 Å². The van der Waals surface area contributed by atoms with Crippen molar-refractivity contribution >= 4 is 23.2 Å². The van der Waals surface area contributed by atoms with Gasteiger partial charge in [0, 0.05) is 40.8 Å². The Bertz CT molecular complexity index is 988. The number of carbonyl (C=O) groups is 1. The van der Waals surface area contributed by atoms with Crippen LogP contribution in [0.4, 0.5) is 5.69 Å². The lowest BCUT2D eigenvalue weighted by Crippen LogP contribution is -2.24. The number of nitrogens with two attached hydrogens (primary N) is 1. The number of hydrogen-bond donors (Lipinski definition) is 2. The third-order valence-electron chi connectivity index (χ3n) is 5.64. The molecule has 150 valence electrons. The summed E-state index contributed by atoms with van der Waals surface area (Å²) < 4.78 is 2.16. The quantitative estimate of drug-likeness (QED) is 0.561. The molecule has 0 spiro atoms. The van der Waals surface area contributed by atoms with Gasteiger partial charge in [0.25, 0.3) is 5.91 Å². The SMILES string of the molecule is NC(=O)c1ccc(-n2cccc2Cc2ccc(Cl)cc2)cc1NC1CCCCC1. The van der Waals surface area contributed by atoms with Gasteiger partial charge >= 0.3 is 0 Å². The molecule has 0 atom stereocenters. The largest absolute Gasteiger partial charge is 0.382 e. The maximum atomic E-state index is 12.0. The second-order valence-electron chi connectivity index (χ2n) is 7.75. The van der Waals surface area contributed by atoms with E-state index in [1.165, 1.54) is 30.5 Å². The fraction of sp³-hybridized carbons (Fsp3) is 0.292. The van der Waals surface area contributed by atoms with Crippen molar-refractivity contribution in [2.75, 3.05) is 5.32 Å². The van der Waals surface area contributed by atoms with Gasteiger partial charge in [-0.3, -0.25) is 4.79 Å². The number of rotatable bonds is 6. The van der Waals surface area contributed by atoms with Crippen molar-refractivity contribution in [1.82, 2.24) is 4.57 Å². The molecule has 3 N–H and O–H groups in total. The summed E-state index contributed by atoms with van der Waals surface area (Å²) in [5, 5.41) is 4.32. The van der Waals surface area contributed by atoms with Crippen LogP contribution in [0.1, 0.15) is 53.7 Å². The Balaban J connectivity index is 1.63. The number of benzene rings is 2. The van der Waals surface area contributed by atoms with Gasteiger partial charge in [-0.2, -0.15) is 0 Å². The van der Waals surface area contributed by atoms with Crippen LogP contribution < -0.4 is 11.1 Å². The summed E-state index contributed by atoms with van der Waals surface area (Å²) in [6, 6.07) is 18.3. The average Bonchev–Trinajstić information content (AvgIpc) is 3.18. The zero-order valence-corrected chi connectivity index (χ0v) is 17.2. The van der Waals surface area contributed by atoms with Crippen LogP contribution in [0.5, 0.6) is 0 Å². The van der Waals surface area contributed by atoms with E-state index in [9.17, 15) is 4.79 Å². The first-order valence-corrected chi connectivity index (χ1v) is 10.6. The first-order chi connectivity index (χ1) is 14.1. The van der Waals surface area contributed by atoms with E-state index >= 15 is 0 Å². The minimum atomic E-state index is -0.399. The van der Waals surface area contributed by atoms with E-state index in [2.05, 4.69) is 22.1 Å². The molecule has 1 aliphatic rings. The Morgan fingerprint density at radius 2 is 1.83 bits per heavy atom. The lowest BCUT2D eigenvalue weighted by atomic mass is 9.95. The third kappa shape index (κ3) is 4.65. The van der Waals surface area contributed by atoms with Crippen molar-refractivity contribution in [3.05, 3.63) is 82.6 Å².